The third kappa shape index (κ3) is 9.41. The summed E-state index contributed by atoms with van der Waals surface area (Å²) in [5.41, 5.74) is 11.4. The van der Waals surface area contributed by atoms with Crippen LogP contribution in [0.2, 0.25) is 0 Å². The van der Waals surface area contributed by atoms with Gasteiger partial charge in [-0.1, -0.05) is 139 Å². The Balaban J connectivity index is 0. The van der Waals surface area contributed by atoms with Crippen LogP contribution in [0.5, 0.6) is 0 Å². The van der Waals surface area contributed by atoms with Gasteiger partial charge in [0, 0.05) is 0 Å². The van der Waals surface area contributed by atoms with Gasteiger partial charge in [0.15, 0.2) is 0 Å². The maximum atomic E-state index is 4.44. The van der Waals surface area contributed by atoms with Crippen molar-refractivity contribution in [3.63, 3.8) is 0 Å². The Kier molecular flexibility index (Phi) is 15.7. The fraction of sp³-hybridized carbons (Fsp3) is 0.257. The van der Waals surface area contributed by atoms with Gasteiger partial charge >= 0.3 is 0 Å². The summed E-state index contributed by atoms with van der Waals surface area (Å²) in [6.45, 7) is 23.4. The van der Waals surface area contributed by atoms with Crippen molar-refractivity contribution in [2.45, 2.75) is 63.3 Å². The molecule has 0 aliphatic heterocycles. The normalized spacial score (nSPS) is 12.0. The first-order valence-corrected chi connectivity index (χ1v) is 11.2. The van der Waals surface area contributed by atoms with Gasteiger partial charge in [-0.05, 0) is 78.7 Å². The molecular formula is C35H48. The van der Waals surface area contributed by atoms with Gasteiger partial charge in [0.2, 0.25) is 0 Å². The molecule has 0 saturated carbocycles. The van der Waals surface area contributed by atoms with Crippen molar-refractivity contribution >= 4 is 5.57 Å². The van der Waals surface area contributed by atoms with E-state index in [0.717, 1.165) is 34.3 Å². The van der Waals surface area contributed by atoms with Gasteiger partial charge < -0.3 is 0 Å². The molecule has 0 nitrogen and oxygen atoms in total. The molecule has 2 rings (SSSR count). The fourth-order valence-corrected chi connectivity index (χ4v) is 3.52. The molecule has 0 atom stereocenters. The zero-order valence-corrected chi connectivity index (χ0v) is 20.3. The first kappa shape index (κ1) is 33.8. The minimum Gasteiger partial charge on any atom is -0.0985 e. The molecular weight excluding hydrogens is 420 g/mol. The summed E-state index contributed by atoms with van der Waals surface area (Å²) < 4.78 is 0. The Hall–Kier alpha value is -3.38. The number of hydrogen-bond donors (Lipinski definition) is 0. The summed E-state index contributed by atoms with van der Waals surface area (Å²) in [7, 11) is 0. The monoisotopic (exact) mass is 468 g/mol. The number of benzene rings is 2. The Labute approximate surface area is 217 Å². The molecule has 0 bridgehead atoms. The van der Waals surface area contributed by atoms with Crippen molar-refractivity contribution in [1.29, 1.82) is 0 Å². The van der Waals surface area contributed by atoms with Gasteiger partial charge in [-0.15, -0.1) is 0 Å². The highest BCUT2D eigenvalue weighted by atomic mass is 14.2. The Bertz CT molecular complexity index is 1110. The van der Waals surface area contributed by atoms with Crippen LogP contribution in [0.25, 0.3) is 5.57 Å². The molecule has 0 fully saturated rings. The molecule has 188 valence electrons. The summed E-state index contributed by atoms with van der Waals surface area (Å²) in [4.78, 5) is 0. The van der Waals surface area contributed by atoms with E-state index in [-0.39, 0.29) is 22.3 Å². The summed E-state index contributed by atoms with van der Waals surface area (Å²) in [6.07, 6.45) is 11.3. The maximum absolute atomic E-state index is 4.44. The van der Waals surface area contributed by atoms with Crippen LogP contribution in [-0.2, 0) is 0 Å². The SMILES string of the molecule is C.C.C.C=CC(/C=C/C(=C)/C(C(=C)C)=C(\c1ccccc1)c1cc(C)ccc1C)=C\C=C(/C)CC. The first-order chi connectivity index (χ1) is 15.3. The molecule has 0 spiro atoms. The lowest BCUT2D eigenvalue weighted by molar-refractivity contribution is 1.10. The average molecular weight is 469 g/mol. The van der Waals surface area contributed by atoms with E-state index in [1.807, 2.05) is 12.1 Å². The van der Waals surface area contributed by atoms with Crippen molar-refractivity contribution in [2.75, 3.05) is 0 Å². The lowest BCUT2D eigenvalue weighted by Crippen LogP contribution is -2.00. The van der Waals surface area contributed by atoms with Crippen LogP contribution < -0.4 is 0 Å². The molecule has 0 heterocycles. The number of rotatable bonds is 9. The number of allylic oxidation sites excluding steroid dienone is 10. The van der Waals surface area contributed by atoms with E-state index in [2.05, 4.69) is 121 Å². The summed E-state index contributed by atoms with van der Waals surface area (Å²) >= 11 is 0. The van der Waals surface area contributed by atoms with Crippen molar-refractivity contribution < 1.29 is 0 Å². The Morgan fingerprint density at radius 1 is 0.857 bits per heavy atom. The highest BCUT2D eigenvalue weighted by Crippen LogP contribution is 2.36. The van der Waals surface area contributed by atoms with E-state index in [9.17, 15) is 0 Å². The molecule has 2 aromatic rings. The minimum absolute atomic E-state index is 0. The quantitative estimate of drug-likeness (QED) is 0.321. The van der Waals surface area contributed by atoms with E-state index < -0.39 is 0 Å². The van der Waals surface area contributed by atoms with Gasteiger partial charge in [0.1, 0.15) is 0 Å². The van der Waals surface area contributed by atoms with Crippen LogP contribution in [0.15, 0.2) is 127 Å². The zero-order chi connectivity index (χ0) is 23.7. The maximum Gasteiger partial charge on any atom is -0.00278 e. The lowest BCUT2D eigenvalue weighted by Gasteiger charge is -2.20. The van der Waals surface area contributed by atoms with Crippen molar-refractivity contribution in [2.24, 2.45) is 0 Å². The zero-order valence-electron chi connectivity index (χ0n) is 20.3. The predicted octanol–water partition coefficient (Wildman–Crippen LogP) is 11.2. The molecule has 0 radical (unpaired) electrons. The van der Waals surface area contributed by atoms with Crippen LogP contribution in [0, 0.1) is 13.8 Å². The molecule has 0 heteroatoms. The predicted molar refractivity (Wildman–Crippen MR) is 164 cm³/mol. The largest absolute Gasteiger partial charge is 0.0985 e. The second-order valence-corrected chi connectivity index (χ2v) is 8.31. The molecule has 0 amide bonds. The van der Waals surface area contributed by atoms with Gasteiger partial charge in [-0.25, -0.2) is 0 Å². The van der Waals surface area contributed by atoms with E-state index in [4.69, 9.17) is 0 Å². The smallest absolute Gasteiger partial charge is 0.00278 e. The molecule has 0 aliphatic carbocycles. The topological polar surface area (TPSA) is 0 Å². The number of aryl methyl sites for hydroxylation is 2. The van der Waals surface area contributed by atoms with E-state index in [0.29, 0.717) is 0 Å². The standard InChI is InChI=1S/C32H36.3CH4/c1-9-24(5)17-20-28(10-2)21-19-27(8)31(23(3)4)32(29-14-12-11-13-15-29)30-22-25(6)16-18-26(30)7;;;/h10-22H,2-3,8-9H2,1,4-7H3;3*1H4/b21-19+,24-17+,28-20+,32-31+;;;. The van der Waals surface area contributed by atoms with Crippen molar-refractivity contribution in [3.8, 4) is 0 Å². The third-order valence-electron chi connectivity index (χ3n) is 5.55. The van der Waals surface area contributed by atoms with E-state index in [1.54, 1.807) is 0 Å². The van der Waals surface area contributed by atoms with Gasteiger partial charge in [-0.3, -0.25) is 0 Å². The minimum atomic E-state index is 0. The fourth-order valence-electron chi connectivity index (χ4n) is 3.52. The summed E-state index contributed by atoms with van der Waals surface area (Å²) in [5.74, 6) is 0. The summed E-state index contributed by atoms with van der Waals surface area (Å²) in [6, 6.07) is 17.1. The summed E-state index contributed by atoms with van der Waals surface area (Å²) in [5, 5.41) is 0. The highest BCUT2D eigenvalue weighted by Gasteiger charge is 2.16. The van der Waals surface area contributed by atoms with Gasteiger partial charge in [-0.2, -0.15) is 0 Å². The molecule has 35 heavy (non-hydrogen) atoms. The van der Waals surface area contributed by atoms with Crippen LogP contribution in [0.4, 0.5) is 0 Å². The van der Waals surface area contributed by atoms with Gasteiger partial charge in [0.25, 0.3) is 0 Å². The highest BCUT2D eigenvalue weighted by molar-refractivity contribution is 5.89. The van der Waals surface area contributed by atoms with Crippen molar-refractivity contribution in [1.82, 2.24) is 0 Å². The average Bonchev–Trinajstić information content (AvgIpc) is 2.79. The molecule has 0 saturated heterocycles. The first-order valence-electron chi connectivity index (χ1n) is 11.2. The Morgan fingerprint density at radius 3 is 2.03 bits per heavy atom. The van der Waals surface area contributed by atoms with Gasteiger partial charge in [0.05, 0.1) is 0 Å². The lowest BCUT2D eigenvalue weighted by atomic mass is 9.84. The van der Waals surface area contributed by atoms with Crippen LogP contribution in [0.3, 0.4) is 0 Å². The van der Waals surface area contributed by atoms with Crippen LogP contribution in [-0.4, -0.2) is 0 Å². The second-order valence-electron chi connectivity index (χ2n) is 8.31. The second kappa shape index (κ2) is 16.3. The molecule has 0 N–H and O–H groups in total. The number of hydrogen-bond acceptors (Lipinski definition) is 0. The van der Waals surface area contributed by atoms with E-state index >= 15 is 0 Å². The molecule has 0 aromatic heterocycles. The Morgan fingerprint density at radius 2 is 1.49 bits per heavy atom. The van der Waals surface area contributed by atoms with Crippen LogP contribution in [0.1, 0.15) is 71.7 Å². The van der Waals surface area contributed by atoms with Crippen molar-refractivity contribution in [3.05, 3.63) is 149 Å². The third-order valence-corrected chi connectivity index (χ3v) is 5.55. The molecule has 0 aliphatic rings. The van der Waals surface area contributed by atoms with Crippen LogP contribution >= 0.6 is 0 Å². The van der Waals surface area contributed by atoms with E-state index in [1.165, 1.54) is 27.8 Å². The molecule has 2 aromatic carbocycles. The molecule has 0 unspecified atom stereocenters.